The van der Waals surface area contributed by atoms with E-state index in [0.29, 0.717) is 12.0 Å². The minimum Gasteiger partial charge on any atom is -0.381 e. The van der Waals surface area contributed by atoms with Gasteiger partial charge in [0.2, 0.25) is 0 Å². The molecule has 0 radical (unpaired) electrons. The van der Waals surface area contributed by atoms with Gasteiger partial charge in [-0.3, -0.25) is 4.68 Å². The van der Waals surface area contributed by atoms with Crippen LogP contribution in [0.3, 0.4) is 0 Å². The molecule has 0 spiro atoms. The lowest BCUT2D eigenvalue weighted by atomic mass is 9.94. The molecule has 1 aliphatic heterocycles. The van der Waals surface area contributed by atoms with Crippen molar-refractivity contribution in [1.29, 1.82) is 0 Å². The number of likely N-dealkylation sites (N-methyl/N-ethyl adjacent to an activating group) is 1. The molecule has 2 rings (SSSR count). The molecule has 1 aliphatic rings. The van der Waals surface area contributed by atoms with Gasteiger partial charge in [-0.25, -0.2) is 0 Å². The van der Waals surface area contributed by atoms with E-state index in [2.05, 4.69) is 16.6 Å². The van der Waals surface area contributed by atoms with E-state index in [1.807, 2.05) is 25.0 Å². The van der Waals surface area contributed by atoms with Crippen LogP contribution in [0.1, 0.15) is 12.0 Å². The minimum atomic E-state index is 0.511. The first kappa shape index (κ1) is 10.6. The zero-order valence-electron chi connectivity index (χ0n) is 9.44. The van der Waals surface area contributed by atoms with Gasteiger partial charge in [0.05, 0.1) is 12.8 Å². The Morgan fingerprint density at radius 2 is 2.60 bits per heavy atom. The number of aryl methyl sites for hydroxylation is 1. The largest absolute Gasteiger partial charge is 0.381 e. The molecule has 0 amide bonds. The zero-order valence-corrected chi connectivity index (χ0v) is 9.44. The minimum absolute atomic E-state index is 0.511. The Balaban J connectivity index is 1.95. The smallest absolute Gasteiger partial charge is 0.0522 e. The van der Waals surface area contributed by atoms with Crippen LogP contribution in [0, 0.1) is 5.92 Å². The second-order valence-electron chi connectivity index (χ2n) is 4.25. The first-order chi connectivity index (χ1) is 7.29. The lowest BCUT2D eigenvalue weighted by Crippen LogP contribution is -2.35. The molecule has 84 valence electrons. The highest BCUT2D eigenvalue weighted by Crippen LogP contribution is 2.19. The first-order valence-electron chi connectivity index (χ1n) is 5.52. The van der Waals surface area contributed by atoms with Crippen molar-refractivity contribution in [3.05, 3.63) is 18.0 Å². The van der Waals surface area contributed by atoms with Crippen molar-refractivity contribution in [3.63, 3.8) is 0 Å². The summed E-state index contributed by atoms with van der Waals surface area (Å²) in [5.41, 5.74) is 1.30. The topological polar surface area (TPSA) is 39.1 Å². The summed E-state index contributed by atoms with van der Waals surface area (Å²) in [4.78, 5) is 0. The van der Waals surface area contributed by atoms with Crippen LogP contribution in [0.5, 0.6) is 0 Å². The van der Waals surface area contributed by atoms with Crippen molar-refractivity contribution >= 4 is 0 Å². The van der Waals surface area contributed by atoms with Crippen LogP contribution >= 0.6 is 0 Å². The summed E-state index contributed by atoms with van der Waals surface area (Å²) < 4.78 is 7.28. The van der Waals surface area contributed by atoms with Gasteiger partial charge in [0, 0.05) is 31.8 Å². The normalized spacial score (nSPS) is 23.2. The van der Waals surface area contributed by atoms with Gasteiger partial charge in [-0.2, -0.15) is 5.10 Å². The molecule has 15 heavy (non-hydrogen) atoms. The van der Waals surface area contributed by atoms with Gasteiger partial charge in [-0.15, -0.1) is 0 Å². The molecule has 2 unspecified atom stereocenters. The van der Waals surface area contributed by atoms with Crippen LogP contribution in [0.2, 0.25) is 0 Å². The molecular formula is C11H19N3O. The van der Waals surface area contributed by atoms with Gasteiger partial charge in [-0.05, 0) is 25.5 Å². The summed E-state index contributed by atoms with van der Waals surface area (Å²) >= 11 is 0. The molecule has 0 aromatic carbocycles. The number of nitrogens with zero attached hydrogens (tertiary/aromatic N) is 2. The van der Waals surface area contributed by atoms with Gasteiger partial charge in [-0.1, -0.05) is 0 Å². The fraction of sp³-hybridized carbons (Fsp3) is 0.727. The maximum atomic E-state index is 5.42. The summed E-state index contributed by atoms with van der Waals surface area (Å²) in [6.45, 7) is 1.81. The third-order valence-corrected chi connectivity index (χ3v) is 3.12. The van der Waals surface area contributed by atoms with Gasteiger partial charge < -0.3 is 10.1 Å². The standard InChI is InChI=1S/C11H19N3O/c1-12-11(10-3-4-15-8-10)5-9-6-13-14(2)7-9/h6-7,10-12H,3-5,8H2,1-2H3. The quantitative estimate of drug-likeness (QED) is 0.788. The maximum Gasteiger partial charge on any atom is 0.0522 e. The van der Waals surface area contributed by atoms with Crippen molar-refractivity contribution in [3.8, 4) is 0 Å². The molecule has 1 fully saturated rings. The van der Waals surface area contributed by atoms with Gasteiger partial charge >= 0.3 is 0 Å². The van der Waals surface area contributed by atoms with E-state index in [1.165, 1.54) is 12.0 Å². The van der Waals surface area contributed by atoms with Crippen LogP contribution < -0.4 is 5.32 Å². The molecule has 0 bridgehead atoms. The predicted molar refractivity (Wildman–Crippen MR) is 58.7 cm³/mol. The number of ether oxygens (including phenoxy) is 1. The van der Waals surface area contributed by atoms with Crippen molar-refractivity contribution in [2.24, 2.45) is 13.0 Å². The zero-order chi connectivity index (χ0) is 10.7. The lowest BCUT2D eigenvalue weighted by molar-refractivity contribution is 0.177. The average Bonchev–Trinajstić information content (AvgIpc) is 2.85. The predicted octanol–water partition coefficient (Wildman–Crippen LogP) is 0.587. The van der Waals surface area contributed by atoms with Crippen molar-refractivity contribution in [2.45, 2.75) is 18.9 Å². The number of hydrogen-bond acceptors (Lipinski definition) is 3. The maximum absolute atomic E-state index is 5.42. The van der Waals surface area contributed by atoms with Crippen molar-refractivity contribution in [1.82, 2.24) is 15.1 Å². The summed E-state index contributed by atoms with van der Waals surface area (Å²) in [5, 5.41) is 7.57. The molecule has 4 heteroatoms. The summed E-state index contributed by atoms with van der Waals surface area (Å²) in [6, 6.07) is 0.511. The van der Waals surface area contributed by atoms with Gasteiger partial charge in [0.25, 0.3) is 0 Å². The molecule has 0 saturated carbocycles. The summed E-state index contributed by atoms with van der Waals surface area (Å²) in [6.07, 6.45) is 6.24. The van der Waals surface area contributed by atoms with E-state index < -0.39 is 0 Å². The van der Waals surface area contributed by atoms with Crippen LogP contribution in [0.4, 0.5) is 0 Å². The highest BCUT2D eigenvalue weighted by Gasteiger charge is 2.24. The number of aromatic nitrogens is 2. The van der Waals surface area contributed by atoms with E-state index in [4.69, 9.17) is 4.74 Å². The Morgan fingerprint density at radius 3 is 3.13 bits per heavy atom. The van der Waals surface area contributed by atoms with Crippen LogP contribution in [0.15, 0.2) is 12.4 Å². The number of rotatable bonds is 4. The molecule has 2 atom stereocenters. The van der Waals surface area contributed by atoms with E-state index in [-0.39, 0.29) is 0 Å². The first-order valence-corrected chi connectivity index (χ1v) is 5.52. The Bertz CT molecular complexity index is 305. The summed E-state index contributed by atoms with van der Waals surface area (Å²) in [5.74, 6) is 0.648. The monoisotopic (exact) mass is 209 g/mol. The SMILES string of the molecule is CNC(Cc1cnn(C)c1)C1CCOC1. The Kier molecular flexibility index (Phi) is 3.38. The Morgan fingerprint density at radius 1 is 1.73 bits per heavy atom. The van der Waals surface area contributed by atoms with E-state index in [1.54, 1.807) is 0 Å². The number of hydrogen-bond donors (Lipinski definition) is 1. The van der Waals surface area contributed by atoms with Crippen molar-refractivity contribution in [2.75, 3.05) is 20.3 Å². The van der Waals surface area contributed by atoms with Crippen molar-refractivity contribution < 1.29 is 4.74 Å². The molecule has 1 N–H and O–H groups in total. The highest BCUT2D eigenvalue weighted by atomic mass is 16.5. The number of nitrogens with one attached hydrogen (secondary N) is 1. The fourth-order valence-electron chi connectivity index (χ4n) is 2.21. The van der Waals surface area contributed by atoms with E-state index >= 15 is 0 Å². The summed E-state index contributed by atoms with van der Waals surface area (Å²) in [7, 11) is 3.98. The molecule has 4 nitrogen and oxygen atoms in total. The average molecular weight is 209 g/mol. The van der Waals surface area contributed by atoms with Crippen LogP contribution in [-0.4, -0.2) is 36.1 Å². The second kappa shape index (κ2) is 4.77. The third kappa shape index (κ3) is 2.58. The van der Waals surface area contributed by atoms with E-state index in [9.17, 15) is 0 Å². The van der Waals surface area contributed by atoms with Crippen LogP contribution in [0.25, 0.3) is 0 Å². The molecule has 0 aliphatic carbocycles. The van der Waals surface area contributed by atoms with Gasteiger partial charge in [0.15, 0.2) is 0 Å². The molecule has 2 heterocycles. The van der Waals surface area contributed by atoms with Gasteiger partial charge in [0.1, 0.15) is 0 Å². The molecule has 1 aromatic rings. The second-order valence-corrected chi connectivity index (χ2v) is 4.25. The van der Waals surface area contributed by atoms with E-state index in [0.717, 1.165) is 19.6 Å². The molecule has 1 saturated heterocycles. The third-order valence-electron chi connectivity index (χ3n) is 3.12. The Labute approximate surface area is 90.6 Å². The fourth-order valence-corrected chi connectivity index (χ4v) is 2.21. The highest BCUT2D eigenvalue weighted by molar-refractivity contribution is 5.06. The lowest BCUT2D eigenvalue weighted by Gasteiger charge is -2.20. The molecular weight excluding hydrogens is 190 g/mol. The Hall–Kier alpha value is -0.870. The molecule has 1 aromatic heterocycles. The van der Waals surface area contributed by atoms with Crippen LogP contribution in [-0.2, 0) is 18.2 Å².